The molecule has 0 unspecified atom stereocenters. The van der Waals surface area contributed by atoms with Crippen LogP contribution in [0.4, 0.5) is 0 Å². The second kappa shape index (κ2) is 5.15. The first kappa shape index (κ1) is 12.5. The zero-order valence-electron chi connectivity index (χ0n) is 9.09. The van der Waals surface area contributed by atoms with Crippen molar-refractivity contribution < 1.29 is 9.21 Å². The predicted molar refractivity (Wildman–Crippen MR) is 65.7 cm³/mol. The number of hydrazine groups is 1. The molecule has 3 N–H and O–H groups in total. The Morgan fingerprint density at radius 3 is 3.11 bits per heavy atom. The number of nitrogen functional groups attached to an aromatic ring is 1. The molecule has 0 spiro atoms. The Balaban J connectivity index is 2.35. The molecular weight excluding hydrogens is 304 g/mol. The van der Waals surface area contributed by atoms with Crippen molar-refractivity contribution in [3.05, 3.63) is 51.0 Å². The minimum absolute atomic E-state index is 0.0982. The lowest BCUT2D eigenvalue weighted by atomic mass is 10.2. The van der Waals surface area contributed by atoms with Crippen LogP contribution in [0.5, 0.6) is 0 Å². The summed E-state index contributed by atoms with van der Waals surface area (Å²) in [7, 11) is 0. The fourth-order valence-corrected chi connectivity index (χ4v) is 1.78. The van der Waals surface area contributed by atoms with Crippen molar-refractivity contribution in [2.45, 2.75) is 6.54 Å². The molecule has 0 fully saturated rings. The summed E-state index contributed by atoms with van der Waals surface area (Å²) in [6.45, 7) is 0.0982. The highest BCUT2D eigenvalue weighted by Crippen LogP contribution is 2.11. The van der Waals surface area contributed by atoms with Crippen LogP contribution in [0.2, 0.25) is 0 Å². The van der Waals surface area contributed by atoms with Gasteiger partial charge in [-0.1, -0.05) is 0 Å². The van der Waals surface area contributed by atoms with Crippen LogP contribution >= 0.6 is 15.9 Å². The van der Waals surface area contributed by atoms with Gasteiger partial charge in [0.15, 0.2) is 0 Å². The summed E-state index contributed by atoms with van der Waals surface area (Å²) in [6.07, 6.45) is 4.12. The number of furan rings is 1. The minimum atomic E-state index is -0.477. The first-order valence-corrected chi connectivity index (χ1v) is 5.70. The average molecular weight is 313 g/mol. The normalized spacial score (nSPS) is 10.3. The molecule has 0 aromatic carbocycles. The van der Waals surface area contributed by atoms with Gasteiger partial charge in [0.2, 0.25) is 0 Å². The maximum atomic E-state index is 11.8. The maximum absolute atomic E-state index is 11.8. The highest BCUT2D eigenvalue weighted by atomic mass is 79.9. The van der Waals surface area contributed by atoms with Crippen molar-refractivity contribution in [1.82, 2.24) is 15.0 Å². The molecular formula is C10H9BrN4O3. The van der Waals surface area contributed by atoms with E-state index in [0.717, 1.165) is 0 Å². The molecule has 0 atom stereocenters. The van der Waals surface area contributed by atoms with Crippen molar-refractivity contribution >= 4 is 21.8 Å². The number of nitrogens with zero attached hydrogens (tertiary/aromatic N) is 2. The summed E-state index contributed by atoms with van der Waals surface area (Å²) >= 11 is 3.09. The van der Waals surface area contributed by atoms with Crippen LogP contribution in [0, 0.1) is 0 Å². The van der Waals surface area contributed by atoms with Gasteiger partial charge in [0, 0.05) is 6.20 Å². The number of aromatic nitrogens is 2. The number of amides is 1. The van der Waals surface area contributed by atoms with Gasteiger partial charge in [-0.05, 0) is 22.0 Å². The summed E-state index contributed by atoms with van der Waals surface area (Å²) < 4.78 is 6.82. The van der Waals surface area contributed by atoms with E-state index in [1.54, 1.807) is 0 Å². The van der Waals surface area contributed by atoms with Crippen LogP contribution in [-0.2, 0) is 6.54 Å². The van der Waals surface area contributed by atoms with Gasteiger partial charge in [-0.2, -0.15) is 0 Å². The summed E-state index contributed by atoms with van der Waals surface area (Å²) in [5.41, 5.74) is 2.03. The molecule has 0 saturated carbocycles. The molecule has 1 amide bonds. The summed E-state index contributed by atoms with van der Waals surface area (Å²) in [4.78, 5) is 27.1. The first-order chi connectivity index (χ1) is 8.63. The van der Waals surface area contributed by atoms with E-state index in [2.05, 4.69) is 20.9 Å². The number of carbonyl (C=O) groups excluding carboxylic acids is 1. The first-order valence-electron chi connectivity index (χ1n) is 4.90. The number of hydrogen-bond donors (Lipinski definition) is 2. The highest BCUT2D eigenvalue weighted by molar-refractivity contribution is 9.10. The molecule has 18 heavy (non-hydrogen) atoms. The lowest BCUT2D eigenvalue weighted by Gasteiger charge is -2.04. The molecule has 94 valence electrons. The van der Waals surface area contributed by atoms with Crippen LogP contribution < -0.4 is 16.8 Å². The van der Waals surface area contributed by atoms with E-state index in [1.165, 1.54) is 29.4 Å². The second-order valence-corrected chi connectivity index (χ2v) is 4.26. The van der Waals surface area contributed by atoms with Gasteiger partial charge in [0.25, 0.3) is 11.5 Å². The SMILES string of the molecule is NNC(=O)c1ccoc1Cn1cncc(Br)c1=O. The molecule has 0 saturated heterocycles. The average Bonchev–Trinajstić information content (AvgIpc) is 2.82. The number of carbonyl (C=O) groups is 1. The predicted octanol–water partition coefficient (Wildman–Crippen LogP) is 0.251. The number of nitrogens with one attached hydrogen (secondary N) is 1. The number of nitrogens with two attached hydrogens (primary N) is 1. The molecule has 2 rings (SSSR count). The molecule has 0 aliphatic rings. The van der Waals surface area contributed by atoms with Gasteiger partial charge in [-0.15, -0.1) is 0 Å². The topological polar surface area (TPSA) is 103 Å². The smallest absolute Gasteiger partial charge is 0.268 e. The van der Waals surface area contributed by atoms with E-state index in [9.17, 15) is 9.59 Å². The lowest BCUT2D eigenvalue weighted by Crippen LogP contribution is -2.31. The second-order valence-electron chi connectivity index (χ2n) is 3.41. The third-order valence-corrected chi connectivity index (χ3v) is 2.84. The minimum Gasteiger partial charge on any atom is -0.467 e. The summed E-state index contributed by atoms with van der Waals surface area (Å²) in [5.74, 6) is 4.91. The van der Waals surface area contributed by atoms with Gasteiger partial charge < -0.3 is 4.42 Å². The van der Waals surface area contributed by atoms with Crippen molar-refractivity contribution in [2.24, 2.45) is 5.84 Å². The van der Waals surface area contributed by atoms with Gasteiger partial charge in [0.1, 0.15) is 10.2 Å². The van der Waals surface area contributed by atoms with Crippen molar-refractivity contribution in [3.8, 4) is 0 Å². The Bertz CT molecular complexity index is 634. The lowest BCUT2D eigenvalue weighted by molar-refractivity contribution is 0.0951. The van der Waals surface area contributed by atoms with E-state index in [0.29, 0.717) is 10.2 Å². The van der Waals surface area contributed by atoms with Crippen molar-refractivity contribution in [2.75, 3.05) is 0 Å². The van der Waals surface area contributed by atoms with E-state index >= 15 is 0 Å². The highest BCUT2D eigenvalue weighted by Gasteiger charge is 2.14. The Morgan fingerprint density at radius 2 is 2.39 bits per heavy atom. The Kier molecular flexibility index (Phi) is 3.58. The standard InChI is InChI=1S/C10H9BrN4O3/c11-7-3-13-5-15(10(7)17)4-8-6(1-2-18-8)9(16)14-12/h1-3,5H,4,12H2,(H,14,16). The molecule has 2 aromatic rings. The molecule has 2 aromatic heterocycles. The zero-order valence-corrected chi connectivity index (χ0v) is 10.7. The van der Waals surface area contributed by atoms with Crippen LogP contribution in [0.3, 0.4) is 0 Å². The number of hydrogen-bond acceptors (Lipinski definition) is 5. The van der Waals surface area contributed by atoms with Crippen molar-refractivity contribution in [3.63, 3.8) is 0 Å². The van der Waals surface area contributed by atoms with Crippen LogP contribution in [0.1, 0.15) is 16.1 Å². The molecule has 8 heteroatoms. The molecule has 2 heterocycles. The van der Waals surface area contributed by atoms with E-state index < -0.39 is 5.91 Å². The fraction of sp³-hybridized carbons (Fsp3) is 0.100. The Hall–Kier alpha value is -1.93. The fourth-order valence-electron chi connectivity index (χ4n) is 1.43. The third-order valence-electron chi connectivity index (χ3n) is 2.29. The van der Waals surface area contributed by atoms with Crippen LogP contribution in [0.25, 0.3) is 0 Å². The van der Waals surface area contributed by atoms with Crippen LogP contribution in [0.15, 0.2) is 38.5 Å². The molecule has 7 nitrogen and oxygen atoms in total. The number of rotatable bonds is 3. The largest absolute Gasteiger partial charge is 0.467 e. The molecule has 0 aliphatic heterocycles. The Labute approximate surface area is 110 Å². The maximum Gasteiger partial charge on any atom is 0.268 e. The van der Waals surface area contributed by atoms with Crippen LogP contribution in [-0.4, -0.2) is 15.5 Å². The van der Waals surface area contributed by atoms with Gasteiger partial charge in [-0.25, -0.2) is 10.8 Å². The van der Waals surface area contributed by atoms with Crippen molar-refractivity contribution in [1.29, 1.82) is 0 Å². The van der Waals surface area contributed by atoms with E-state index in [1.807, 2.05) is 5.43 Å². The van der Waals surface area contributed by atoms with Gasteiger partial charge in [0.05, 0.1) is 24.7 Å². The monoisotopic (exact) mass is 312 g/mol. The zero-order chi connectivity index (χ0) is 13.1. The molecule has 0 aliphatic carbocycles. The molecule has 0 radical (unpaired) electrons. The van der Waals surface area contributed by atoms with Gasteiger partial charge >= 0.3 is 0 Å². The van der Waals surface area contributed by atoms with Gasteiger partial charge in [-0.3, -0.25) is 19.6 Å². The summed E-state index contributed by atoms with van der Waals surface area (Å²) in [6, 6.07) is 1.48. The number of halogens is 1. The summed E-state index contributed by atoms with van der Waals surface area (Å²) in [5, 5.41) is 0. The quantitative estimate of drug-likeness (QED) is 0.480. The Morgan fingerprint density at radius 1 is 1.61 bits per heavy atom. The molecule has 0 bridgehead atoms. The van der Waals surface area contributed by atoms with E-state index in [-0.39, 0.29) is 17.7 Å². The van der Waals surface area contributed by atoms with E-state index in [4.69, 9.17) is 10.3 Å². The third kappa shape index (κ3) is 2.34.